The van der Waals surface area contributed by atoms with E-state index in [0.29, 0.717) is 30.2 Å². The van der Waals surface area contributed by atoms with E-state index < -0.39 is 0 Å². The molecule has 1 saturated heterocycles. The molecule has 3 heterocycles. The van der Waals surface area contributed by atoms with Gasteiger partial charge in [-0.2, -0.15) is 5.10 Å². The summed E-state index contributed by atoms with van der Waals surface area (Å²) in [5.41, 5.74) is 1.89. The smallest absolute Gasteiger partial charge is 0.256 e. The standard InChI is InChI=1S/C17H21N5O3/c1-11-4-5-15(20-19-11)25-14-6-7-21(8-14)16(23)9-22-10-18-13(3)12(2)17(22)24/h4-5,10,14H,6-9H2,1-3H3/t14-/m1/s1. The lowest BCUT2D eigenvalue weighted by atomic mass is 10.3. The first kappa shape index (κ1) is 17.1. The zero-order valence-electron chi connectivity index (χ0n) is 14.6. The first-order valence-electron chi connectivity index (χ1n) is 8.21. The second-order valence-electron chi connectivity index (χ2n) is 6.27. The Labute approximate surface area is 145 Å². The summed E-state index contributed by atoms with van der Waals surface area (Å²) in [7, 11) is 0. The van der Waals surface area contributed by atoms with Crippen LogP contribution in [0.5, 0.6) is 5.88 Å². The number of nitrogens with zero attached hydrogens (tertiary/aromatic N) is 5. The van der Waals surface area contributed by atoms with Gasteiger partial charge < -0.3 is 9.64 Å². The second kappa shape index (κ2) is 7.00. The Hall–Kier alpha value is -2.77. The zero-order chi connectivity index (χ0) is 18.0. The summed E-state index contributed by atoms with van der Waals surface area (Å²) in [5, 5.41) is 7.94. The van der Waals surface area contributed by atoms with Gasteiger partial charge in [-0.05, 0) is 26.8 Å². The van der Waals surface area contributed by atoms with E-state index in [4.69, 9.17) is 4.74 Å². The highest BCUT2D eigenvalue weighted by molar-refractivity contribution is 5.76. The first-order chi connectivity index (χ1) is 11.9. The fourth-order valence-electron chi connectivity index (χ4n) is 2.71. The number of amides is 1. The third kappa shape index (κ3) is 3.84. The molecule has 0 spiro atoms. The first-order valence-corrected chi connectivity index (χ1v) is 8.21. The number of ether oxygens (including phenoxy) is 1. The van der Waals surface area contributed by atoms with Crippen LogP contribution in [0, 0.1) is 20.8 Å². The second-order valence-corrected chi connectivity index (χ2v) is 6.27. The van der Waals surface area contributed by atoms with E-state index in [1.807, 2.05) is 13.0 Å². The molecule has 1 atom stereocenters. The van der Waals surface area contributed by atoms with E-state index in [2.05, 4.69) is 15.2 Å². The van der Waals surface area contributed by atoms with E-state index in [9.17, 15) is 9.59 Å². The molecule has 2 aromatic rings. The Kier molecular flexibility index (Phi) is 4.78. The van der Waals surface area contributed by atoms with Crippen LogP contribution in [0.25, 0.3) is 0 Å². The van der Waals surface area contributed by atoms with Crippen molar-refractivity contribution in [2.45, 2.75) is 39.8 Å². The maximum absolute atomic E-state index is 12.5. The van der Waals surface area contributed by atoms with Gasteiger partial charge in [0.15, 0.2) is 0 Å². The number of likely N-dealkylation sites (tertiary alicyclic amines) is 1. The number of rotatable bonds is 4. The van der Waals surface area contributed by atoms with E-state index in [-0.39, 0.29) is 24.1 Å². The van der Waals surface area contributed by atoms with Crippen molar-refractivity contribution in [1.82, 2.24) is 24.6 Å². The summed E-state index contributed by atoms with van der Waals surface area (Å²) in [6, 6.07) is 3.60. The minimum Gasteiger partial charge on any atom is -0.471 e. The van der Waals surface area contributed by atoms with Gasteiger partial charge in [0.2, 0.25) is 11.8 Å². The lowest BCUT2D eigenvalue weighted by Crippen LogP contribution is -2.37. The van der Waals surface area contributed by atoms with Gasteiger partial charge in [-0.15, -0.1) is 5.10 Å². The molecular weight excluding hydrogens is 322 g/mol. The largest absolute Gasteiger partial charge is 0.471 e. The van der Waals surface area contributed by atoms with Crippen LogP contribution >= 0.6 is 0 Å². The van der Waals surface area contributed by atoms with Crippen LogP contribution in [0.15, 0.2) is 23.3 Å². The van der Waals surface area contributed by atoms with E-state index in [0.717, 1.165) is 12.1 Å². The Bertz CT molecular complexity index is 831. The quantitative estimate of drug-likeness (QED) is 0.809. The summed E-state index contributed by atoms with van der Waals surface area (Å²) in [6.07, 6.45) is 2.03. The predicted molar refractivity (Wildman–Crippen MR) is 90.4 cm³/mol. The van der Waals surface area contributed by atoms with Crippen LogP contribution < -0.4 is 10.3 Å². The number of carbonyl (C=O) groups excluding carboxylic acids is 1. The summed E-state index contributed by atoms with van der Waals surface area (Å²) < 4.78 is 7.12. The van der Waals surface area contributed by atoms with Crippen LogP contribution in [0.4, 0.5) is 0 Å². The molecule has 1 aliphatic heterocycles. The average molecular weight is 343 g/mol. The van der Waals surface area contributed by atoms with Crippen molar-refractivity contribution in [2.24, 2.45) is 0 Å². The summed E-state index contributed by atoms with van der Waals surface area (Å²) >= 11 is 0. The maximum Gasteiger partial charge on any atom is 0.256 e. The fraction of sp³-hybridized carbons (Fsp3) is 0.471. The van der Waals surface area contributed by atoms with Crippen LogP contribution in [0.2, 0.25) is 0 Å². The molecule has 25 heavy (non-hydrogen) atoms. The minimum atomic E-state index is -0.178. The van der Waals surface area contributed by atoms with Gasteiger partial charge in [-0.25, -0.2) is 4.98 Å². The average Bonchev–Trinajstić information content (AvgIpc) is 3.06. The van der Waals surface area contributed by atoms with Crippen LogP contribution in [-0.4, -0.2) is 49.7 Å². The third-order valence-electron chi connectivity index (χ3n) is 4.38. The van der Waals surface area contributed by atoms with Crippen molar-refractivity contribution in [3.63, 3.8) is 0 Å². The molecule has 8 nitrogen and oxygen atoms in total. The van der Waals surface area contributed by atoms with Crippen molar-refractivity contribution < 1.29 is 9.53 Å². The van der Waals surface area contributed by atoms with Gasteiger partial charge in [-0.3, -0.25) is 14.2 Å². The molecule has 1 fully saturated rings. The van der Waals surface area contributed by atoms with E-state index in [1.165, 1.54) is 10.9 Å². The fourth-order valence-corrected chi connectivity index (χ4v) is 2.71. The number of hydrogen-bond donors (Lipinski definition) is 0. The molecule has 0 aliphatic carbocycles. The molecule has 1 amide bonds. The summed E-state index contributed by atoms with van der Waals surface area (Å²) in [5.74, 6) is 0.340. The number of carbonyl (C=O) groups is 1. The van der Waals surface area contributed by atoms with Gasteiger partial charge in [0.25, 0.3) is 5.56 Å². The molecule has 8 heteroatoms. The number of hydrogen-bond acceptors (Lipinski definition) is 6. The van der Waals surface area contributed by atoms with Gasteiger partial charge in [0.05, 0.1) is 18.6 Å². The summed E-state index contributed by atoms with van der Waals surface area (Å²) in [6.45, 7) is 6.41. The van der Waals surface area contributed by atoms with Crippen molar-refractivity contribution in [2.75, 3.05) is 13.1 Å². The molecule has 0 bridgehead atoms. The molecular formula is C17H21N5O3. The molecule has 3 rings (SSSR count). The third-order valence-corrected chi connectivity index (χ3v) is 4.38. The Morgan fingerprint density at radius 3 is 2.80 bits per heavy atom. The molecule has 1 aliphatic rings. The van der Waals surface area contributed by atoms with E-state index >= 15 is 0 Å². The van der Waals surface area contributed by atoms with E-state index in [1.54, 1.807) is 24.8 Å². The topological polar surface area (TPSA) is 90.2 Å². The Morgan fingerprint density at radius 1 is 1.28 bits per heavy atom. The molecule has 2 aromatic heterocycles. The van der Waals surface area contributed by atoms with Crippen molar-refractivity contribution in [3.8, 4) is 5.88 Å². The van der Waals surface area contributed by atoms with Crippen molar-refractivity contribution >= 4 is 5.91 Å². The van der Waals surface area contributed by atoms with Crippen LogP contribution in [0.3, 0.4) is 0 Å². The SMILES string of the molecule is Cc1ccc(O[C@@H]2CCN(C(=O)Cn3cnc(C)c(C)c3=O)C2)nn1. The molecule has 132 valence electrons. The lowest BCUT2D eigenvalue weighted by Gasteiger charge is -2.17. The zero-order valence-corrected chi connectivity index (χ0v) is 14.6. The molecule has 0 unspecified atom stereocenters. The predicted octanol–water partition coefficient (Wildman–Crippen LogP) is 0.638. The van der Waals surface area contributed by atoms with Gasteiger partial charge >= 0.3 is 0 Å². The van der Waals surface area contributed by atoms with Gasteiger partial charge in [-0.1, -0.05) is 0 Å². The van der Waals surface area contributed by atoms with Gasteiger partial charge in [0, 0.05) is 30.3 Å². The minimum absolute atomic E-state index is 0.00991. The van der Waals surface area contributed by atoms with Crippen LogP contribution in [0.1, 0.15) is 23.4 Å². The highest BCUT2D eigenvalue weighted by Gasteiger charge is 2.28. The molecule has 0 N–H and O–H groups in total. The molecule has 0 radical (unpaired) electrons. The maximum atomic E-state index is 12.5. The Balaban J connectivity index is 1.60. The van der Waals surface area contributed by atoms with Crippen molar-refractivity contribution in [1.29, 1.82) is 0 Å². The van der Waals surface area contributed by atoms with Gasteiger partial charge in [0.1, 0.15) is 12.6 Å². The van der Waals surface area contributed by atoms with Crippen LogP contribution in [-0.2, 0) is 11.3 Å². The highest BCUT2D eigenvalue weighted by atomic mass is 16.5. The van der Waals surface area contributed by atoms with Crippen molar-refractivity contribution in [3.05, 3.63) is 45.8 Å². The normalized spacial score (nSPS) is 16.9. The Morgan fingerprint density at radius 2 is 2.08 bits per heavy atom. The monoisotopic (exact) mass is 343 g/mol. The lowest BCUT2D eigenvalue weighted by molar-refractivity contribution is -0.131. The summed E-state index contributed by atoms with van der Waals surface area (Å²) in [4.78, 5) is 30.5. The number of aromatic nitrogens is 4. The number of aryl methyl sites for hydroxylation is 2. The highest BCUT2D eigenvalue weighted by Crippen LogP contribution is 2.16. The molecule has 0 saturated carbocycles. The molecule has 0 aromatic carbocycles.